The lowest BCUT2D eigenvalue weighted by molar-refractivity contribution is 0.00535. The van der Waals surface area contributed by atoms with Crippen molar-refractivity contribution < 1.29 is 13.9 Å². The number of hydrogen-bond acceptors (Lipinski definition) is 2. The van der Waals surface area contributed by atoms with Crippen molar-refractivity contribution in [2.45, 2.75) is 31.8 Å². The minimum Gasteiger partial charge on any atom is -0.490 e. The van der Waals surface area contributed by atoms with E-state index in [9.17, 15) is 4.39 Å². The zero-order valence-electron chi connectivity index (χ0n) is 10.8. The Bertz CT molecular complexity index is 457. The molecule has 1 aromatic carbocycles. The molecule has 1 saturated heterocycles. The minimum atomic E-state index is -0.193. The van der Waals surface area contributed by atoms with Crippen molar-refractivity contribution >= 4 is 11.6 Å². The lowest BCUT2D eigenvalue weighted by atomic mass is 9.77. The first-order valence-electron chi connectivity index (χ1n) is 6.80. The van der Waals surface area contributed by atoms with Gasteiger partial charge in [0, 0.05) is 31.1 Å². The highest BCUT2D eigenvalue weighted by Gasteiger charge is 2.37. The van der Waals surface area contributed by atoms with Crippen LogP contribution in [0.3, 0.4) is 0 Å². The second-order valence-electron chi connectivity index (χ2n) is 5.65. The van der Waals surface area contributed by atoms with E-state index in [1.54, 1.807) is 12.1 Å². The molecule has 1 aromatic rings. The average Bonchev–Trinajstić information content (AvgIpc) is 2.81. The van der Waals surface area contributed by atoms with Crippen molar-refractivity contribution in [1.29, 1.82) is 0 Å². The maximum absolute atomic E-state index is 13.2. The molecule has 4 heteroatoms. The first kappa shape index (κ1) is 13.2. The van der Waals surface area contributed by atoms with Gasteiger partial charge in [0.2, 0.25) is 0 Å². The number of benzene rings is 1. The number of ether oxygens (including phenoxy) is 2. The molecule has 2 aliphatic rings. The highest BCUT2D eigenvalue weighted by molar-refractivity contribution is 6.18. The monoisotopic (exact) mass is 284 g/mol. The summed E-state index contributed by atoms with van der Waals surface area (Å²) in [5.74, 6) is 1.27. The van der Waals surface area contributed by atoms with Crippen LogP contribution in [0.1, 0.15) is 24.8 Å². The average molecular weight is 285 g/mol. The number of alkyl halides is 1. The van der Waals surface area contributed by atoms with Gasteiger partial charge in [0.25, 0.3) is 0 Å². The van der Waals surface area contributed by atoms with Crippen LogP contribution in [0.4, 0.5) is 4.39 Å². The molecule has 104 valence electrons. The van der Waals surface area contributed by atoms with E-state index < -0.39 is 0 Å². The Morgan fingerprint density at radius 1 is 1.32 bits per heavy atom. The van der Waals surface area contributed by atoms with Crippen molar-refractivity contribution in [2.24, 2.45) is 5.41 Å². The highest BCUT2D eigenvalue weighted by atomic mass is 35.5. The van der Waals surface area contributed by atoms with E-state index in [2.05, 4.69) is 0 Å². The zero-order valence-corrected chi connectivity index (χ0v) is 11.6. The fraction of sp³-hybridized carbons (Fsp3) is 0.600. The second kappa shape index (κ2) is 5.29. The van der Waals surface area contributed by atoms with Crippen LogP contribution in [0.15, 0.2) is 18.2 Å². The second-order valence-corrected chi connectivity index (χ2v) is 5.91. The third-order valence-corrected chi connectivity index (χ3v) is 4.83. The van der Waals surface area contributed by atoms with E-state index in [1.165, 1.54) is 6.07 Å². The van der Waals surface area contributed by atoms with Gasteiger partial charge in [-0.3, -0.25) is 0 Å². The summed E-state index contributed by atoms with van der Waals surface area (Å²) >= 11 is 6.18. The third-order valence-electron chi connectivity index (χ3n) is 4.26. The van der Waals surface area contributed by atoms with Gasteiger partial charge in [-0.2, -0.15) is 0 Å². The summed E-state index contributed by atoms with van der Waals surface area (Å²) < 4.78 is 24.5. The van der Waals surface area contributed by atoms with Gasteiger partial charge in [-0.05, 0) is 42.9 Å². The summed E-state index contributed by atoms with van der Waals surface area (Å²) in [7, 11) is 0. The predicted octanol–water partition coefficient (Wildman–Crippen LogP) is 3.55. The Hall–Kier alpha value is -0.800. The minimum absolute atomic E-state index is 0.116. The van der Waals surface area contributed by atoms with E-state index >= 15 is 0 Å². The predicted molar refractivity (Wildman–Crippen MR) is 72.3 cm³/mol. The van der Waals surface area contributed by atoms with Crippen LogP contribution in [0.5, 0.6) is 5.75 Å². The van der Waals surface area contributed by atoms with Gasteiger partial charge in [-0.25, -0.2) is 4.39 Å². The van der Waals surface area contributed by atoms with E-state index in [-0.39, 0.29) is 17.3 Å². The highest BCUT2D eigenvalue weighted by Crippen LogP contribution is 2.40. The Labute approximate surface area is 117 Å². The van der Waals surface area contributed by atoms with Gasteiger partial charge in [0.05, 0.1) is 0 Å². The molecule has 0 amide bonds. The molecule has 0 bridgehead atoms. The van der Waals surface area contributed by atoms with Crippen LogP contribution in [-0.2, 0) is 11.2 Å². The van der Waals surface area contributed by atoms with E-state index in [0.29, 0.717) is 5.88 Å². The maximum Gasteiger partial charge on any atom is 0.123 e. The molecule has 2 heterocycles. The van der Waals surface area contributed by atoms with Gasteiger partial charge >= 0.3 is 0 Å². The number of halogens is 2. The van der Waals surface area contributed by atoms with Crippen molar-refractivity contribution in [3.63, 3.8) is 0 Å². The van der Waals surface area contributed by atoms with Crippen LogP contribution < -0.4 is 4.74 Å². The maximum atomic E-state index is 13.2. The Balaban J connectivity index is 1.69. The Kier molecular flexibility index (Phi) is 3.68. The molecule has 0 spiro atoms. The first-order chi connectivity index (χ1) is 9.21. The van der Waals surface area contributed by atoms with Crippen molar-refractivity contribution in [1.82, 2.24) is 0 Å². The molecule has 2 aliphatic heterocycles. The van der Waals surface area contributed by atoms with Gasteiger partial charge in [-0.15, -0.1) is 11.6 Å². The van der Waals surface area contributed by atoms with Crippen LogP contribution >= 0.6 is 11.6 Å². The molecule has 19 heavy (non-hydrogen) atoms. The molecule has 2 nitrogen and oxygen atoms in total. The summed E-state index contributed by atoms with van der Waals surface area (Å²) in [4.78, 5) is 0. The van der Waals surface area contributed by atoms with Crippen molar-refractivity contribution in [3.05, 3.63) is 29.6 Å². The molecule has 0 N–H and O–H groups in total. The SMILES string of the molecule is Fc1ccc2c(c1)CC(CC1(CCl)CCOCC1)O2. The summed E-state index contributed by atoms with van der Waals surface area (Å²) in [5, 5.41) is 0. The van der Waals surface area contributed by atoms with Gasteiger partial charge in [0.15, 0.2) is 0 Å². The molecule has 0 radical (unpaired) electrons. The van der Waals surface area contributed by atoms with E-state index in [1.807, 2.05) is 0 Å². The van der Waals surface area contributed by atoms with E-state index in [0.717, 1.165) is 50.2 Å². The van der Waals surface area contributed by atoms with Crippen molar-refractivity contribution in [3.8, 4) is 5.75 Å². The summed E-state index contributed by atoms with van der Waals surface area (Å²) in [6.07, 6.45) is 3.80. The fourth-order valence-corrected chi connectivity index (χ4v) is 3.46. The Morgan fingerprint density at radius 2 is 2.11 bits per heavy atom. The molecular formula is C15H18ClFO2. The quantitative estimate of drug-likeness (QED) is 0.790. The summed E-state index contributed by atoms with van der Waals surface area (Å²) in [5.41, 5.74) is 1.09. The van der Waals surface area contributed by atoms with Gasteiger partial charge in [-0.1, -0.05) is 0 Å². The van der Waals surface area contributed by atoms with Crippen LogP contribution in [0.25, 0.3) is 0 Å². The molecule has 1 unspecified atom stereocenters. The normalized spacial score (nSPS) is 24.8. The molecule has 0 aromatic heterocycles. The molecular weight excluding hydrogens is 267 g/mol. The Morgan fingerprint density at radius 3 is 2.84 bits per heavy atom. The number of rotatable bonds is 3. The largest absolute Gasteiger partial charge is 0.490 e. The fourth-order valence-electron chi connectivity index (χ4n) is 3.08. The smallest absolute Gasteiger partial charge is 0.123 e. The number of fused-ring (bicyclic) bond motifs is 1. The molecule has 3 rings (SSSR count). The summed E-state index contributed by atoms with van der Waals surface area (Å²) in [6, 6.07) is 4.75. The van der Waals surface area contributed by atoms with Gasteiger partial charge < -0.3 is 9.47 Å². The molecule has 1 fully saturated rings. The molecule has 1 atom stereocenters. The van der Waals surface area contributed by atoms with E-state index in [4.69, 9.17) is 21.1 Å². The standard InChI is InChI=1S/C15H18ClFO2/c16-10-15(3-5-18-6-4-15)9-13-8-11-7-12(17)1-2-14(11)19-13/h1-2,7,13H,3-6,8-10H2. The van der Waals surface area contributed by atoms with Gasteiger partial charge in [0.1, 0.15) is 17.7 Å². The zero-order chi connectivity index (χ0) is 13.3. The van der Waals surface area contributed by atoms with Crippen LogP contribution in [-0.4, -0.2) is 25.2 Å². The summed E-state index contributed by atoms with van der Waals surface area (Å²) in [6.45, 7) is 1.56. The lowest BCUT2D eigenvalue weighted by Crippen LogP contribution is -2.36. The lowest BCUT2D eigenvalue weighted by Gasteiger charge is -2.37. The topological polar surface area (TPSA) is 18.5 Å². The molecule has 0 saturated carbocycles. The number of hydrogen-bond donors (Lipinski definition) is 0. The third kappa shape index (κ3) is 2.72. The van der Waals surface area contributed by atoms with Crippen molar-refractivity contribution in [2.75, 3.05) is 19.1 Å². The van der Waals surface area contributed by atoms with Crippen LogP contribution in [0.2, 0.25) is 0 Å². The first-order valence-corrected chi connectivity index (χ1v) is 7.33. The molecule has 0 aliphatic carbocycles. The van der Waals surface area contributed by atoms with Crippen LogP contribution in [0, 0.1) is 11.2 Å².